The second-order valence-electron chi connectivity index (χ2n) is 16.1. The Kier molecular flexibility index (Phi) is 12.3. The van der Waals surface area contributed by atoms with Crippen LogP contribution in [0.15, 0.2) is 176 Å². The van der Waals surface area contributed by atoms with E-state index in [9.17, 15) is 9.59 Å². The van der Waals surface area contributed by atoms with E-state index in [4.69, 9.17) is 23.7 Å². The Labute approximate surface area is 357 Å². The summed E-state index contributed by atoms with van der Waals surface area (Å²) in [5.41, 5.74) is 2.02. The van der Waals surface area contributed by atoms with Gasteiger partial charge in [0.15, 0.2) is 11.6 Å². The number of ether oxygens (including phenoxy) is 5. The van der Waals surface area contributed by atoms with E-state index in [0.717, 1.165) is 36.3 Å². The van der Waals surface area contributed by atoms with Crippen molar-refractivity contribution in [1.29, 1.82) is 0 Å². The van der Waals surface area contributed by atoms with Gasteiger partial charge in [0, 0.05) is 22.6 Å². The van der Waals surface area contributed by atoms with Crippen molar-refractivity contribution in [3.8, 4) is 57.5 Å². The van der Waals surface area contributed by atoms with E-state index in [0.29, 0.717) is 63.0 Å². The van der Waals surface area contributed by atoms with E-state index < -0.39 is 0 Å². The summed E-state index contributed by atoms with van der Waals surface area (Å²) in [6, 6.07) is 53.3. The number of hydrogen-bond acceptors (Lipinski definition) is 7. The topological polar surface area (TPSA) is 80.3 Å². The fourth-order valence-electron chi connectivity index (χ4n) is 7.60. The molecule has 0 N–H and O–H groups in total. The van der Waals surface area contributed by atoms with Crippen LogP contribution in [0.2, 0.25) is 0 Å². The SMILES string of the molecule is CC(C)C1(C)CCCC(C(=O)c2ccc(Oc3ccc(C(=O)c4ccc(Oc5ccc(Oc6ccc(Oc7ccc(Oc8ccccc8)cc7)cc6)cc5)cc4)cc3)cc2)C1. The number of para-hydroxylation sites is 1. The number of carbonyl (C=O) groups is 2. The molecule has 1 saturated carbocycles. The minimum absolute atomic E-state index is 0.0672. The number of carbonyl (C=O) groups excluding carboxylic acids is 2. The summed E-state index contributed by atoms with van der Waals surface area (Å²) in [7, 11) is 0. The van der Waals surface area contributed by atoms with Crippen molar-refractivity contribution in [3.63, 3.8) is 0 Å². The van der Waals surface area contributed by atoms with Gasteiger partial charge in [-0.3, -0.25) is 9.59 Å². The first-order valence-electron chi connectivity index (χ1n) is 20.8. The van der Waals surface area contributed by atoms with E-state index in [1.807, 2.05) is 127 Å². The summed E-state index contributed by atoms with van der Waals surface area (Å²) in [6.45, 7) is 6.85. The van der Waals surface area contributed by atoms with Crippen molar-refractivity contribution in [3.05, 3.63) is 193 Å². The molecule has 0 saturated heterocycles. The van der Waals surface area contributed by atoms with E-state index in [1.54, 1.807) is 48.5 Å². The molecule has 7 heteroatoms. The highest BCUT2D eigenvalue weighted by atomic mass is 16.5. The van der Waals surface area contributed by atoms with E-state index in [1.165, 1.54) is 6.42 Å². The molecular formula is C54H48O7. The molecular weight excluding hydrogens is 761 g/mol. The van der Waals surface area contributed by atoms with E-state index in [2.05, 4.69) is 20.8 Å². The molecule has 7 nitrogen and oxygen atoms in total. The van der Waals surface area contributed by atoms with Crippen molar-refractivity contribution >= 4 is 11.6 Å². The van der Waals surface area contributed by atoms with Crippen molar-refractivity contribution < 1.29 is 33.3 Å². The molecule has 1 aliphatic rings. The van der Waals surface area contributed by atoms with Gasteiger partial charge in [-0.2, -0.15) is 0 Å². The molecule has 0 heterocycles. The van der Waals surface area contributed by atoms with Crippen LogP contribution < -0.4 is 23.7 Å². The van der Waals surface area contributed by atoms with Crippen LogP contribution >= 0.6 is 0 Å². The standard InChI is InChI=1S/C54H48O7/c1-37(2)54(3)35-7-8-41(36-54)53(56)40-15-21-44(22-16-40)58-43-17-11-38(12-18-43)52(55)39-13-19-45(20-14-39)59-47-27-29-49(30-28-47)61-51-33-31-50(32-34-51)60-48-25-23-46(24-26-48)57-42-9-5-4-6-10-42/h4-6,9-34,37,41H,7-8,35-36H2,1-3H3. The molecule has 0 aliphatic heterocycles. The second kappa shape index (κ2) is 18.4. The first-order chi connectivity index (χ1) is 29.7. The lowest BCUT2D eigenvalue weighted by atomic mass is 9.64. The van der Waals surface area contributed by atoms with Gasteiger partial charge in [-0.15, -0.1) is 0 Å². The monoisotopic (exact) mass is 808 g/mol. The number of ketones is 2. The van der Waals surface area contributed by atoms with Gasteiger partial charge in [0.1, 0.15) is 57.5 Å². The summed E-state index contributed by atoms with van der Waals surface area (Å²) in [5.74, 6) is 7.40. The molecule has 61 heavy (non-hydrogen) atoms. The second-order valence-corrected chi connectivity index (χ2v) is 16.1. The molecule has 0 amide bonds. The van der Waals surface area contributed by atoms with Gasteiger partial charge in [-0.25, -0.2) is 0 Å². The third kappa shape index (κ3) is 10.4. The number of benzene rings is 7. The zero-order valence-corrected chi connectivity index (χ0v) is 34.6. The molecule has 1 aliphatic carbocycles. The van der Waals surface area contributed by atoms with Gasteiger partial charge in [0.05, 0.1) is 0 Å². The van der Waals surface area contributed by atoms with Crippen molar-refractivity contribution in [1.82, 2.24) is 0 Å². The van der Waals surface area contributed by atoms with Crippen LogP contribution in [-0.4, -0.2) is 11.6 Å². The van der Waals surface area contributed by atoms with Gasteiger partial charge in [-0.05, 0) is 188 Å². The summed E-state index contributed by atoms with van der Waals surface area (Å²) in [5, 5.41) is 0. The van der Waals surface area contributed by atoms with E-state index in [-0.39, 0.29) is 22.9 Å². The summed E-state index contributed by atoms with van der Waals surface area (Å²) in [6.07, 6.45) is 4.17. The Hall–Kier alpha value is -7.12. The van der Waals surface area contributed by atoms with Crippen LogP contribution in [0, 0.1) is 17.3 Å². The largest absolute Gasteiger partial charge is 0.457 e. The third-order valence-corrected chi connectivity index (χ3v) is 11.5. The molecule has 2 atom stereocenters. The lowest BCUT2D eigenvalue weighted by molar-refractivity contribution is 0.0685. The maximum atomic E-state index is 13.3. The molecule has 8 rings (SSSR count). The first kappa shape index (κ1) is 40.7. The van der Waals surface area contributed by atoms with Gasteiger partial charge in [0.25, 0.3) is 0 Å². The molecule has 7 aromatic rings. The molecule has 0 bridgehead atoms. The highest BCUT2D eigenvalue weighted by molar-refractivity contribution is 6.09. The Morgan fingerprint density at radius 1 is 0.443 bits per heavy atom. The molecule has 0 radical (unpaired) electrons. The van der Waals surface area contributed by atoms with Crippen LogP contribution in [0.1, 0.15) is 72.7 Å². The number of Topliss-reactive ketones (excluding diaryl/α,β-unsaturated/α-hetero) is 1. The zero-order chi connectivity index (χ0) is 42.2. The highest BCUT2D eigenvalue weighted by Gasteiger charge is 2.37. The molecule has 0 spiro atoms. The zero-order valence-electron chi connectivity index (χ0n) is 34.6. The molecule has 7 aromatic carbocycles. The molecule has 306 valence electrons. The fraction of sp³-hybridized carbons (Fsp3) is 0.185. The number of rotatable bonds is 15. The van der Waals surface area contributed by atoms with Gasteiger partial charge in [0.2, 0.25) is 0 Å². The average molecular weight is 809 g/mol. The Morgan fingerprint density at radius 2 is 0.738 bits per heavy atom. The van der Waals surface area contributed by atoms with Crippen molar-refractivity contribution in [2.24, 2.45) is 17.3 Å². The van der Waals surface area contributed by atoms with Crippen LogP contribution in [0.25, 0.3) is 0 Å². The summed E-state index contributed by atoms with van der Waals surface area (Å²) >= 11 is 0. The summed E-state index contributed by atoms with van der Waals surface area (Å²) in [4.78, 5) is 26.7. The van der Waals surface area contributed by atoms with Crippen LogP contribution in [0.3, 0.4) is 0 Å². The smallest absolute Gasteiger partial charge is 0.193 e. The van der Waals surface area contributed by atoms with Gasteiger partial charge in [-0.1, -0.05) is 45.4 Å². The van der Waals surface area contributed by atoms with Crippen molar-refractivity contribution in [2.75, 3.05) is 0 Å². The molecule has 1 fully saturated rings. The minimum Gasteiger partial charge on any atom is -0.457 e. The maximum absolute atomic E-state index is 13.3. The number of hydrogen-bond donors (Lipinski definition) is 0. The van der Waals surface area contributed by atoms with Crippen LogP contribution in [-0.2, 0) is 0 Å². The van der Waals surface area contributed by atoms with Crippen LogP contribution in [0.5, 0.6) is 57.5 Å². The highest BCUT2D eigenvalue weighted by Crippen LogP contribution is 2.45. The minimum atomic E-state index is -0.110. The predicted molar refractivity (Wildman–Crippen MR) is 238 cm³/mol. The van der Waals surface area contributed by atoms with Gasteiger partial charge >= 0.3 is 0 Å². The lowest BCUT2D eigenvalue weighted by Crippen LogP contribution is -2.33. The van der Waals surface area contributed by atoms with Crippen molar-refractivity contribution in [2.45, 2.75) is 46.5 Å². The molecule has 2 unspecified atom stereocenters. The van der Waals surface area contributed by atoms with Gasteiger partial charge < -0.3 is 23.7 Å². The maximum Gasteiger partial charge on any atom is 0.193 e. The normalized spacial score (nSPS) is 16.0. The lowest BCUT2D eigenvalue weighted by Gasteiger charge is -2.41. The summed E-state index contributed by atoms with van der Waals surface area (Å²) < 4.78 is 30.0. The Morgan fingerprint density at radius 3 is 1.07 bits per heavy atom. The first-order valence-corrected chi connectivity index (χ1v) is 20.8. The molecule has 0 aromatic heterocycles. The average Bonchev–Trinajstić information content (AvgIpc) is 3.29. The Bertz CT molecular complexity index is 2530. The quantitative estimate of drug-likeness (QED) is 0.0954. The third-order valence-electron chi connectivity index (χ3n) is 11.5. The van der Waals surface area contributed by atoms with E-state index >= 15 is 0 Å². The van der Waals surface area contributed by atoms with Crippen LogP contribution in [0.4, 0.5) is 0 Å². The predicted octanol–water partition coefficient (Wildman–Crippen LogP) is 14.9. The Balaban J connectivity index is 0.791. The fourth-order valence-corrected chi connectivity index (χ4v) is 7.60.